The summed E-state index contributed by atoms with van der Waals surface area (Å²) in [6.45, 7) is 5.22. The summed E-state index contributed by atoms with van der Waals surface area (Å²) in [5.74, 6) is 0.111. The molecule has 5 nitrogen and oxygen atoms in total. The molecule has 1 aliphatic heterocycles. The summed E-state index contributed by atoms with van der Waals surface area (Å²) in [5.41, 5.74) is 2.92. The Morgan fingerprint density at radius 1 is 1.07 bits per heavy atom. The number of sulfonamides is 1. The summed E-state index contributed by atoms with van der Waals surface area (Å²) >= 11 is 1.46. The van der Waals surface area contributed by atoms with Crippen molar-refractivity contribution in [3.63, 3.8) is 0 Å². The Bertz CT molecular complexity index is 936. The van der Waals surface area contributed by atoms with E-state index < -0.39 is 10.0 Å². The van der Waals surface area contributed by atoms with E-state index in [1.54, 1.807) is 18.2 Å². The number of nitrogens with zero attached hydrogens (tertiary/aromatic N) is 1. The van der Waals surface area contributed by atoms with Gasteiger partial charge in [0.2, 0.25) is 15.9 Å². The minimum atomic E-state index is -3.48. The first-order valence-corrected chi connectivity index (χ1v) is 11.4. The summed E-state index contributed by atoms with van der Waals surface area (Å²) in [6, 6.07) is 12.6. The number of rotatable bonds is 6. The number of carbonyl (C=O) groups excluding carboxylic acids is 1. The maximum absolute atomic E-state index is 12.7. The van der Waals surface area contributed by atoms with Crippen LogP contribution in [0.25, 0.3) is 0 Å². The van der Waals surface area contributed by atoms with Gasteiger partial charge in [-0.15, -0.1) is 11.8 Å². The molecular weight excluding hydrogens is 380 g/mol. The minimum absolute atomic E-state index is 0.158. The fraction of sp³-hybridized carbons (Fsp3) is 0.350. The van der Waals surface area contributed by atoms with Crippen molar-refractivity contribution in [2.45, 2.75) is 36.5 Å². The van der Waals surface area contributed by atoms with Gasteiger partial charge in [-0.3, -0.25) is 4.79 Å². The molecule has 1 N–H and O–H groups in total. The van der Waals surface area contributed by atoms with E-state index in [0.717, 1.165) is 17.7 Å². The normalized spacial score (nSPS) is 15.0. The Kier molecular flexibility index (Phi) is 6.24. The zero-order valence-corrected chi connectivity index (χ0v) is 17.2. The molecule has 1 aliphatic rings. The van der Waals surface area contributed by atoms with Crippen molar-refractivity contribution in [2.24, 2.45) is 0 Å². The van der Waals surface area contributed by atoms with Gasteiger partial charge in [0, 0.05) is 23.7 Å². The van der Waals surface area contributed by atoms with Gasteiger partial charge in [0.1, 0.15) is 0 Å². The summed E-state index contributed by atoms with van der Waals surface area (Å²) < 4.78 is 26.8. The molecule has 2 aromatic carbocycles. The van der Waals surface area contributed by atoms with E-state index in [1.165, 1.54) is 33.3 Å². The number of aryl methyl sites for hydroxylation is 2. The SMILES string of the molecule is Cc1ccc(SCC(=O)Nc2cccc(S(=O)(=O)N3CCCC3)c2)cc1C. The van der Waals surface area contributed by atoms with Gasteiger partial charge in [-0.05, 0) is 68.1 Å². The van der Waals surface area contributed by atoms with E-state index >= 15 is 0 Å². The van der Waals surface area contributed by atoms with Crippen LogP contribution in [0.4, 0.5) is 5.69 Å². The second kappa shape index (κ2) is 8.46. The summed E-state index contributed by atoms with van der Waals surface area (Å²) in [5, 5.41) is 2.80. The molecule has 2 aromatic rings. The fourth-order valence-corrected chi connectivity index (χ4v) is 5.32. The molecule has 0 saturated carbocycles. The van der Waals surface area contributed by atoms with E-state index in [0.29, 0.717) is 18.8 Å². The maximum atomic E-state index is 12.7. The molecule has 27 heavy (non-hydrogen) atoms. The Morgan fingerprint density at radius 2 is 1.81 bits per heavy atom. The molecule has 0 radical (unpaired) electrons. The molecule has 0 bridgehead atoms. The molecule has 1 amide bonds. The molecule has 1 fully saturated rings. The van der Waals surface area contributed by atoms with Crippen molar-refractivity contribution in [1.82, 2.24) is 4.31 Å². The van der Waals surface area contributed by atoms with Crippen LogP contribution in [0.15, 0.2) is 52.3 Å². The molecule has 0 aliphatic carbocycles. The van der Waals surface area contributed by atoms with Gasteiger partial charge in [-0.1, -0.05) is 12.1 Å². The molecule has 0 aromatic heterocycles. The average Bonchev–Trinajstić information content (AvgIpc) is 3.18. The van der Waals surface area contributed by atoms with Gasteiger partial charge in [0.25, 0.3) is 0 Å². The van der Waals surface area contributed by atoms with Crippen LogP contribution in [0, 0.1) is 13.8 Å². The van der Waals surface area contributed by atoms with Gasteiger partial charge in [-0.25, -0.2) is 8.42 Å². The number of benzene rings is 2. The van der Waals surface area contributed by atoms with Crippen LogP contribution in [0.1, 0.15) is 24.0 Å². The molecular formula is C20H24N2O3S2. The first-order chi connectivity index (χ1) is 12.9. The van der Waals surface area contributed by atoms with Crippen LogP contribution in [0.3, 0.4) is 0 Å². The highest BCUT2D eigenvalue weighted by atomic mass is 32.2. The van der Waals surface area contributed by atoms with Gasteiger partial charge >= 0.3 is 0 Å². The molecule has 144 valence electrons. The number of hydrogen-bond acceptors (Lipinski definition) is 4. The largest absolute Gasteiger partial charge is 0.325 e. The van der Waals surface area contributed by atoms with Crippen molar-refractivity contribution in [1.29, 1.82) is 0 Å². The third kappa shape index (κ3) is 4.91. The van der Waals surface area contributed by atoms with Crippen LogP contribution in [0.2, 0.25) is 0 Å². The lowest BCUT2D eigenvalue weighted by Crippen LogP contribution is -2.28. The predicted molar refractivity (Wildman–Crippen MR) is 110 cm³/mol. The number of carbonyl (C=O) groups is 1. The second-order valence-corrected chi connectivity index (χ2v) is 9.71. The topological polar surface area (TPSA) is 66.5 Å². The molecule has 3 rings (SSSR count). The molecule has 1 heterocycles. The predicted octanol–water partition coefficient (Wildman–Crippen LogP) is 3.82. The number of hydrogen-bond donors (Lipinski definition) is 1. The standard InChI is InChI=1S/C20H24N2O3S2/c1-15-8-9-18(12-16(15)2)26-14-20(23)21-17-6-5-7-19(13-17)27(24,25)22-10-3-4-11-22/h5-9,12-13H,3-4,10-11,14H2,1-2H3,(H,21,23). The quantitative estimate of drug-likeness (QED) is 0.744. The van der Waals surface area contributed by atoms with Crippen molar-refractivity contribution in [3.05, 3.63) is 53.6 Å². The highest BCUT2D eigenvalue weighted by Crippen LogP contribution is 2.24. The molecule has 0 spiro atoms. The van der Waals surface area contributed by atoms with Crippen molar-refractivity contribution >= 4 is 33.4 Å². The lowest BCUT2D eigenvalue weighted by molar-refractivity contribution is -0.113. The smallest absolute Gasteiger partial charge is 0.243 e. The molecule has 1 saturated heterocycles. The monoisotopic (exact) mass is 404 g/mol. The second-order valence-electron chi connectivity index (χ2n) is 6.72. The summed E-state index contributed by atoms with van der Waals surface area (Å²) in [7, 11) is -3.48. The molecule has 0 unspecified atom stereocenters. The Labute approximate surface area is 165 Å². The van der Waals surface area contributed by atoms with E-state index in [4.69, 9.17) is 0 Å². The van der Waals surface area contributed by atoms with Crippen molar-refractivity contribution < 1.29 is 13.2 Å². The Morgan fingerprint density at radius 3 is 2.52 bits per heavy atom. The van der Waals surface area contributed by atoms with Gasteiger partial charge < -0.3 is 5.32 Å². The molecule has 7 heteroatoms. The Hall–Kier alpha value is -1.83. The van der Waals surface area contributed by atoms with E-state index in [1.807, 2.05) is 19.1 Å². The first kappa shape index (κ1) is 19.9. The highest BCUT2D eigenvalue weighted by Gasteiger charge is 2.27. The van der Waals surface area contributed by atoms with E-state index in [2.05, 4.69) is 18.3 Å². The van der Waals surface area contributed by atoms with Crippen LogP contribution < -0.4 is 5.32 Å². The Balaban J connectivity index is 1.63. The average molecular weight is 405 g/mol. The van der Waals surface area contributed by atoms with E-state index in [-0.39, 0.29) is 16.6 Å². The van der Waals surface area contributed by atoms with Crippen LogP contribution >= 0.6 is 11.8 Å². The van der Waals surface area contributed by atoms with Crippen LogP contribution in [-0.2, 0) is 14.8 Å². The van der Waals surface area contributed by atoms with Gasteiger partial charge in [-0.2, -0.15) is 4.31 Å². The van der Waals surface area contributed by atoms with Crippen LogP contribution in [0.5, 0.6) is 0 Å². The van der Waals surface area contributed by atoms with Crippen molar-refractivity contribution in [2.75, 3.05) is 24.2 Å². The highest BCUT2D eigenvalue weighted by molar-refractivity contribution is 8.00. The maximum Gasteiger partial charge on any atom is 0.243 e. The summed E-state index contributed by atoms with van der Waals surface area (Å²) in [6.07, 6.45) is 1.79. The molecule has 0 atom stereocenters. The van der Waals surface area contributed by atoms with E-state index in [9.17, 15) is 13.2 Å². The van der Waals surface area contributed by atoms with Gasteiger partial charge in [0.05, 0.1) is 10.6 Å². The van der Waals surface area contributed by atoms with Gasteiger partial charge in [0.15, 0.2) is 0 Å². The lowest BCUT2D eigenvalue weighted by atomic mass is 10.1. The number of amides is 1. The van der Waals surface area contributed by atoms with Crippen LogP contribution in [-0.4, -0.2) is 37.5 Å². The van der Waals surface area contributed by atoms with Crippen molar-refractivity contribution in [3.8, 4) is 0 Å². The summed E-state index contributed by atoms with van der Waals surface area (Å²) in [4.78, 5) is 13.5. The zero-order chi connectivity index (χ0) is 19.4. The third-order valence-electron chi connectivity index (χ3n) is 4.67. The lowest BCUT2D eigenvalue weighted by Gasteiger charge is -2.16. The minimum Gasteiger partial charge on any atom is -0.325 e. The first-order valence-electron chi connectivity index (χ1n) is 8.96. The number of anilines is 1. The zero-order valence-electron chi connectivity index (χ0n) is 15.6. The fourth-order valence-electron chi connectivity index (χ4n) is 2.96. The number of thioether (sulfide) groups is 1. The number of nitrogens with one attached hydrogen (secondary N) is 1. The third-order valence-corrected chi connectivity index (χ3v) is 7.56.